The number of halogens is 1. The molecule has 0 amide bonds. The summed E-state index contributed by atoms with van der Waals surface area (Å²) in [7, 11) is -2.80. The van der Waals surface area contributed by atoms with E-state index in [-0.39, 0.29) is 11.2 Å². The molecule has 0 aromatic rings. The minimum Gasteiger partial charge on any atom is -0.381 e. The molecule has 0 spiro atoms. The van der Waals surface area contributed by atoms with Crippen LogP contribution in [0.4, 0.5) is 0 Å². The number of ether oxygens (including phenoxy) is 1. The van der Waals surface area contributed by atoms with Gasteiger partial charge in [-0.15, -0.1) is 0 Å². The molecule has 1 rings (SSSR count). The van der Waals surface area contributed by atoms with E-state index in [1.165, 1.54) is 0 Å². The summed E-state index contributed by atoms with van der Waals surface area (Å²) < 4.78 is 28.0. The molecule has 1 saturated heterocycles. The maximum absolute atomic E-state index is 11.3. The van der Waals surface area contributed by atoms with Gasteiger partial charge in [-0.25, -0.2) is 8.42 Å². The molecule has 1 heterocycles. The van der Waals surface area contributed by atoms with Gasteiger partial charge in [0.05, 0.1) is 12.4 Å². The molecule has 0 radical (unpaired) electrons. The molecule has 0 aliphatic carbocycles. The Balaban J connectivity index is 2.36. The van der Waals surface area contributed by atoms with Gasteiger partial charge >= 0.3 is 0 Å². The summed E-state index contributed by atoms with van der Waals surface area (Å²) >= 11 is 3.50. The molecule has 0 aromatic heterocycles. The predicted molar refractivity (Wildman–Crippen MR) is 65.2 cm³/mol. The van der Waals surface area contributed by atoms with Crippen LogP contribution in [0.15, 0.2) is 0 Å². The number of rotatable bonds is 6. The van der Waals surface area contributed by atoms with Crippen LogP contribution in [0.5, 0.6) is 0 Å². The Bertz CT molecular complexity index is 281. The highest BCUT2D eigenvalue weighted by molar-refractivity contribution is 9.09. The van der Waals surface area contributed by atoms with Crippen LogP contribution in [0, 0.1) is 5.41 Å². The fraction of sp³-hybridized carbons (Fsp3) is 1.00. The SMILES string of the molecule is CCS(=O)(=O)CCCC1(CBr)CCOC1. The summed E-state index contributed by atoms with van der Waals surface area (Å²) in [6, 6.07) is 0. The molecule has 1 atom stereocenters. The highest BCUT2D eigenvalue weighted by Crippen LogP contribution is 2.35. The number of hydrogen-bond acceptors (Lipinski definition) is 3. The van der Waals surface area contributed by atoms with Crippen LogP contribution in [-0.4, -0.2) is 38.5 Å². The van der Waals surface area contributed by atoms with E-state index in [1.807, 2.05) is 0 Å². The lowest BCUT2D eigenvalue weighted by Crippen LogP contribution is -2.24. The van der Waals surface area contributed by atoms with E-state index in [0.29, 0.717) is 5.75 Å². The van der Waals surface area contributed by atoms with Crippen molar-refractivity contribution >= 4 is 25.8 Å². The minimum atomic E-state index is -2.80. The topological polar surface area (TPSA) is 43.4 Å². The van der Waals surface area contributed by atoms with Gasteiger partial charge in [-0.1, -0.05) is 22.9 Å². The van der Waals surface area contributed by atoms with Gasteiger partial charge in [-0.3, -0.25) is 0 Å². The first-order chi connectivity index (χ1) is 7.04. The lowest BCUT2D eigenvalue weighted by Gasteiger charge is -2.24. The highest BCUT2D eigenvalue weighted by Gasteiger charge is 2.33. The minimum absolute atomic E-state index is 0.184. The van der Waals surface area contributed by atoms with Crippen molar-refractivity contribution in [3.8, 4) is 0 Å². The zero-order valence-corrected chi connectivity index (χ0v) is 11.6. The normalized spacial score (nSPS) is 27.1. The van der Waals surface area contributed by atoms with Crippen LogP contribution in [-0.2, 0) is 14.6 Å². The molecular formula is C10H19BrO3S. The Morgan fingerprint density at radius 2 is 2.20 bits per heavy atom. The second-order valence-corrected chi connectivity index (χ2v) is 7.31. The van der Waals surface area contributed by atoms with Crippen molar-refractivity contribution in [2.75, 3.05) is 30.0 Å². The van der Waals surface area contributed by atoms with Crippen molar-refractivity contribution in [2.24, 2.45) is 5.41 Å². The van der Waals surface area contributed by atoms with Gasteiger partial charge in [-0.2, -0.15) is 0 Å². The second-order valence-electron chi connectivity index (χ2n) is 4.28. The fourth-order valence-corrected chi connectivity index (χ4v) is 3.43. The summed E-state index contributed by atoms with van der Waals surface area (Å²) in [5.41, 5.74) is 0.184. The van der Waals surface area contributed by atoms with Crippen LogP contribution in [0.2, 0.25) is 0 Å². The zero-order chi connectivity index (χ0) is 11.4. The average Bonchev–Trinajstić information content (AvgIpc) is 2.67. The summed E-state index contributed by atoms with van der Waals surface area (Å²) in [4.78, 5) is 0. The Kier molecular flexibility index (Phi) is 5.06. The Morgan fingerprint density at radius 3 is 2.67 bits per heavy atom. The summed E-state index contributed by atoms with van der Waals surface area (Å²) in [6.07, 6.45) is 2.74. The molecular weight excluding hydrogens is 280 g/mol. The smallest absolute Gasteiger partial charge is 0.150 e. The number of hydrogen-bond donors (Lipinski definition) is 0. The first kappa shape index (κ1) is 13.5. The fourth-order valence-electron chi connectivity index (χ4n) is 1.83. The van der Waals surface area contributed by atoms with Crippen LogP contribution in [0.3, 0.4) is 0 Å². The van der Waals surface area contributed by atoms with Crippen molar-refractivity contribution in [2.45, 2.75) is 26.2 Å². The summed E-state index contributed by atoms with van der Waals surface area (Å²) in [5, 5.41) is 0.909. The Hall–Kier alpha value is 0.390. The molecule has 0 N–H and O–H groups in total. The molecule has 0 bridgehead atoms. The molecule has 0 aromatic carbocycles. The highest BCUT2D eigenvalue weighted by atomic mass is 79.9. The van der Waals surface area contributed by atoms with Gasteiger partial charge in [0.2, 0.25) is 0 Å². The Labute approximate surface area is 101 Å². The zero-order valence-electron chi connectivity index (χ0n) is 9.17. The Morgan fingerprint density at radius 1 is 1.47 bits per heavy atom. The molecule has 1 aliphatic heterocycles. The van der Waals surface area contributed by atoms with Crippen LogP contribution in [0.1, 0.15) is 26.2 Å². The molecule has 1 aliphatic rings. The molecule has 1 unspecified atom stereocenters. The van der Waals surface area contributed by atoms with E-state index in [1.54, 1.807) is 6.92 Å². The van der Waals surface area contributed by atoms with Gasteiger partial charge in [-0.05, 0) is 19.3 Å². The third-order valence-corrected chi connectivity index (χ3v) is 6.05. The van der Waals surface area contributed by atoms with Crippen LogP contribution >= 0.6 is 15.9 Å². The monoisotopic (exact) mass is 298 g/mol. The molecule has 3 nitrogen and oxygen atoms in total. The number of alkyl halides is 1. The van der Waals surface area contributed by atoms with Gasteiger partial charge in [0.25, 0.3) is 0 Å². The van der Waals surface area contributed by atoms with E-state index in [0.717, 1.165) is 37.8 Å². The van der Waals surface area contributed by atoms with Gasteiger partial charge in [0.15, 0.2) is 0 Å². The molecule has 0 saturated carbocycles. The van der Waals surface area contributed by atoms with E-state index < -0.39 is 9.84 Å². The predicted octanol–water partition coefficient (Wildman–Crippen LogP) is 2.00. The number of sulfone groups is 1. The summed E-state index contributed by atoms with van der Waals surface area (Å²) in [6.45, 7) is 3.28. The standard InChI is InChI=1S/C10H19BrO3S/c1-2-15(12,13)7-3-4-10(8-11)5-6-14-9-10/h2-9H2,1H3. The molecule has 1 fully saturated rings. The van der Waals surface area contributed by atoms with Crippen molar-refractivity contribution < 1.29 is 13.2 Å². The summed E-state index contributed by atoms with van der Waals surface area (Å²) in [5.74, 6) is 0.572. The second kappa shape index (κ2) is 5.64. The van der Waals surface area contributed by atoms with Crippen LogP contribution < -0.4 is 0 Å². The van der Waals surface area contributed by atoms with Crippen molar-refractivity contribution in [1.82, 2.24) is 0 Å². The maximum atomic E-state index is 11.3. The van der Waals surface area contributed by atoms with Gasteiger partial charge in [0.1, 0.15) is 9.84 Å². The van der Waals surface area contributed by atoms with Gasteiger partial charge < -0.3 is 4.74 Å². The molecule has 15 heavy (non-hydrogen) atoms. The van der Waals surface area contributed by atoms with E-state index in [9.17, 15) is 8.42 Å². The molecule has 90 valence electrons. The van der Waals surface area contributed by atoms with E-state index in [4.69, 9.17) is 4.74 Å². The van der Waals surface area contributed by atoms with Crippen molar-refractivity contribution in [3.63, 3.8) is 0 Å². The quantitative estimate of drug-likeness (QED) is 0.705. The maximum Gasteiger partial charge on any atom is 0.150 e. The lowest BCUT2D eigenvalue weighted by atomic mass is 9.85. The first-order valence-electron chi connectivity index (χ1n) is 5.38. The third kappa shape index (κ3) is 4.04. The van der Waals surface area contributed by atoms with Crippen LogP contribution in [0.25, 0.3) is 0 Å². The average molecular weight is 299 g/mol. The van der Waals surface area contributed by atoms with Crippen molar-refractivity contribution in [1.29, 1.82) is 0 Å². The third-order valence-electron chi connectivity index (χ3n) is 3.07. The van der Waals surface area contributed by atoms with Gasteiger partial charge in [0, 0.05) is 23.1 Å². The molecule has 5 heteroatoms. The van der Waals surface area contributed by atoms with Crippen molar-refractivity contribution in [3.05, 3.63) is 0 Å². The van der Waals surface area contributed by atoms with E-state index in [2.05, 4.69) is 15.9 Å². The lowest BCUT2D eigenvalue weighted by molar-refractivity contribution is 0.157. The first-order valence-corrected chi connectivity index (χ1v) is 8.32. The largest absolute Gasteiger partial charge is 0.381 e. The van der Waals surface area contributed by atoms with E-state index >= 15 is 0 Å².